The molecule has 0 radical (unpaired) electrons. The molecule has 0 aliphatic heterocycles. The average molecular weight is 279 g/mol. The fourth-order valence-electron chi connectivity index (χ4n) is 1.59. The Balaban J connectivity index is 3.06. The predicted octanol–water partition coefficient (Wildman–Crippen LogP) is 1.32. The standard InChI is InChI=1S/C14H17NO5/c1-4-19-13(17)11(14(18)20-5-2)12(16)10-8-6-7-9(3)15-10/h6-8,11H,4-5H2,1-3H3. The van der Waals surface area contributed by atoms with Crippen molar-refractivity contribution in [1.29, 1.82) is 0 Å². The first-order valence-corrected chi connectivity index (χ1v) is 6.32. The number of ketones is 1. The first kappa shape index (κ1) is 15.8. The second-order valence-electron chi connectivity index (χ2n) is 3.97. The van der Waals surface area contributed by atoms with Gasteiger partial charge in [-0.3, -0.25) is 14.4 Å². The number of carbonyl (C=O) groups excluding carboxylic acids is 3. The molecule has 0 aromatic carbocycles. The number of rotatable bonds is 6. The zero-order valence-electron chi connectivity index (χ0n) is 11.7. The zero-order valence-corrected chi connectivity index (χ0v) is 11.7. The van der Waals surface area contributed by atoms with Crippen LogP contribution in [0.3, 0.4) is 0 Å². The van der Waals surface area contributed by atoms with Crippen molar-refractivity contribution >= 4 is 17.7 Å². The van der Waals surface area contributed by atoms with Crippen LogP contribution in [0.4, 0.5) is 0 Å². The number of ether oxygens (including phenoxy) is 2. The third-order valence-corrected chi connectivity index (χ3v) is 2.45. The highest BCUT2D eigenvalue weighted by molar-refractivity contribution is 6.20. The van der Waals surface area contributed by atoms with E-state index in [2.05, 4.69) is 4.98 Å². The molecule has 0 spiro atoms. The van der Waals surface area contributed by atoms with Gasteiger partial charge in [0.05, 0.1) is 13.2 Å². The first-order valence-electron chi connectivity index (χ1n) is 6.32. The van der Waals surface area contributed by atoms with Gasteiger partial charge in [0.15, 0.2) is 0 Å². The first-order chi connectivity index (χ1) is 9.51. The lowest BCUT2D eigenvalue weighted by Crippen LogP contribution is -2.35. The number of esters is 2. The second-order valence-corrected chi connectivity index (χ2v) is 3.97. The van der Waals surface area contributed by atoms with Crippen LogP contribution in [0.25, 0.3) is 0 Å². The highest BCUT2D eigenvalue weighted by atomic mass is 16.6. The molecular formula is C14H17NO5. The maximum absolute atomic E-state index is 12.3. The molecule has 0 aliphatic carbocycles. The van der Waals surface area contributed by atoms with Gasteiger partial charge in [-0.25, -0.2) is 4.98 Å². The van der Waals surface area contributed by atoms with E-state index in [0.29, 0.717) is 5.69 Å². The smallest absolute Gasteiger partial charge is 0.328 e. The van der Waals surface area contributed by atoms with Crippen molar-refractivity contribution in [3.8, 4) is 0 Å². The summed E-state index contributed by atoms with van der Waals surface area (Å²) in [4.78, 5) is 39.9. The Morgan fingerprint density at radius 1 is 1.10 bits per heavy atom. The lowest BCUT2D eigenvalue weighted by atomic mass is 10.0. The maximum atomic E-state index is 12.3. The largest absolute Gasteiger partial charge is 0.465 e. The number of hydrogen-bond acceptors (Lipinski definition) is 6. The number of hydrogen-bond donors (Lipinski definition) is 0. The molecule has 0 saturated heterocycles. The van der Waals surface area contributed by atoms with Crippen molar-refractivity contribution < 1.29 is 23.9 Å². The molecule has 0 aliphatic rings. The number of aryl methyl sites for hydroxylation is 1. The van der Waals surface area contributed by atoms with E-state index in [1.165, 1.54) is 6.07 Å². The summed E-state index contributed by atoms with van der Waals surface area (Å²) in [7, 11) is 0. The molecule has 0 fully saturated rings. The van der Waals surface area contributed by atoms with Crippen LogP contribution in [0.5, 0.6) is 0 Å². The Bertz CT molecular complexity index is 494. The van der Waals surface area contributed by atoms with Gasteiger partial charge in [0, 0.05) is 5.69 Å². The van der Waals surface area contributed by atoms with E-state index >= 15 is 0 Å². The minimum atomic E-state index is -1.62. The Morgan fingerprint density at radius 3 is 2.10 bits per heavy atom. The van der Waals surface area contributed by atoms with E-state index in [0.717, 1.165) is 0 Å². The normalized spacial score (nSPS) is 10.2. The molecule has 20 heavy (non-hydrogen) atoms. The Kier molecular flexibility index (Phi) is 5.83. The number of aromatic nitrogens is 1. The van der Waals surface area contributed by atoms with Crippen molar-refractivity contribution in [2.75, 3.05) is 13.2 Å². The Hall–Kier alpha value is -2.24. The van der Waals surface area contributed by atoms with E-state index in [-0.39, 0.29) is 18.9 Å². The monoisotopic (exact) mass is 279 g/mol. The topological polar surface area (TPSA) is 82.6 Å². The van der Waals surface area contributed by atoms with E-state index in [1.54, 1.807) is 32.9 Å². The minimum absolute atomic E-state index is 0.0381. The van der Waals surface area contributed by atoms with Crippen LogP contribution in [-0.4, -0.2) is 35.9 Å². The SMILES string of the molecule is CCOC(=O)C(C(=O)OCC)C(=O)c1cccc(C)n1. The van der Waals surface area contributed by atoms with Gasteiger partial charge in [0.1, 0.15) is 5.69 Å². The molecule has 0 saturated carbocycles. The number of pyridine rings is 1. The van der Waals surface area contributed by atoms with Crippen LogP contribution in [0.15, 0.2) is 18.2 Å². The lowest BCUT2D eigenvalue weighted by molar-refractivity contribution is -0.158. The average Bonchev–Trinajstić information content (AvgIpc) is 2.39. The molecule has 1 heterocycles. The van der Waals surface area contributed by atoms with Crippen molar-refractivity contribution in [1.82, 2.24) is 4.98 Å². The molecule has 108 valence electrons. The van der Waals surface area contributed by atoms with Crippen LogP contribution in [0.1, 0.15) is 30.0 Å². The summed E-state index contributed by atoms with van der Waals surface area (Å²) in [6.07, 6.45) is 0. The third-order valence-electron chi connectivity index (χ3n) is 2.45. The predicted molar refractivity (Wildman–Crippen MR) is 70.1 cm³/mol. The summed E-state index contributed by atoms with van der Waals surface area (Å²) in [5.74, 6) is -4.17. The van der Waals surface area contributed by atoms with Gasteiger partial charge in [0.2, 0.25) is 11.7 Å². The molecule has 1 aromatic rings. The highest BCUT2D eigenvalue weighted by Crippen LogP contribution is 2.12. The quantitative estimate of drug-likeness (QED) is 0.443. The molecule has 6 heteroatoms. The van der Waals surface area contributed by atoms with Gasteiger partial charge < -0.3 is 9.47 Å². The van der Waals surface area contributed by atoms with Gasteiger partial charge in [-0.2, -0.15) is 0 Å². The summed E-state index contributed by atoms with van der Waals surface area (Å²) in [6, 6.07) is 4.78. The van der Waals surface area contributed by atoms with Crippen molar-refractivity contribution in [3.05, 3.63) is 29.6 Å². The van der Waals surface area contributed by atoms with Gasteiger partial charge in [-0.1, -0.05) is 6.07 Å². The summed E-state index contributed by atoms with van der Waals surface area (Å²) in [5, 5.41) is 0. The summed E-state index contributed by atoms with van der Waals surface area (Å²) >= 11 is 0. The van der Waals surface area contributed by atoms with Crippen LogP contribution in [0.2, 0.25) is 0 Å². The van der Waals surface area contributed by atoms with Crippen LogP contribution in [-0.2, 0) is 19.1 Å². The Morgan fingerprint density at radius 2 is 1.65 bits per heavy atom. The van der Waals surface area contributed by atoms with Gasteiger partial charge in [-0.05, 0) is 32.9 Å². The van der Waals surface area contributed by atoms with Gasteiger partial charge >= 0.3 is 11.9 Å². The lowest BCUT2D eigenvalue weighted by Gasteiger charge is -2.13. The molecular weight excluding hydrogens is 262 g/mol. The van der Waals surface area contributed by atoms with Gasteiger partial charge in [0.25, 0.3) is 0 Å². The second kappa shape index (κ2) is 7.37. The van der Waals surface area contributed by atoms with Gasteiger partial charge in [-0.15, -0.1) is 0 Å². The number of carbonyl (C=O) groups is 3. The molecule has 0 amide bonds. The van der Waals surface area contributed by atoms with Crippen LogP contribution >= 0.6 is 0 Å². The van der Waals surface area contributed by atoms with Crippen molar-refractivity contribution in [3.63, 3.8) is 0 Å². The summed E-state index contributed by atoms with van der Waals surface area (Å²) in [6.45, 7) is 5.04. The number of Topliss-reactive ketones (excluding diaryl/α,β-unsaturated/α-hetero) is 1. The summed E-state index contributed by atoms with van der Waals surface area (Å²) in [5.41, 5.74) is 0.651. The fraction of sp³-hybridized carbons (Fsp3) is 0.429. The maximum Gasteiger partial charge on any atom is 0.328 e. The third kappa shape index (κ3) is 3.88. The van der Waals surface area contributed by atoms with E-state index < -0.39 is 23.6 Å². The van der Waals surface area contributed by atoms with E-state index in [1.807, 2.05) is 0 Å². The highest BCUT2D eigenvalue weighted by Gasteiger charge is 2.38. The molecule has 0 atom stereocenters. The molecule has 1 aromatic heterocycles. The zero-order chi connectivity index (χ0) is 15.1. The van der Waals surface area contributed by atoms with E-state index in [4.69, 9.17) is 9.47 Å². The summed E-state index contributed by atoms with van der Waals surface area (Å²) < 4.78 is 9.51. The molecule has 0 bridgehead atoms. The van der Waals surface area contributed by atoms with E-state index in [9.17, 15) is 14.4 Å². The Labute approximate surface area is 117 Å². The van der Waals surface area contributed by atoms with Crippen molar-refractivity contribution in [2.24, 2.45) is 5.92 Å². The van der Waals surface area contributed by atoms with Crippen LogP contribution in [0, 0.1) is 12.8 Å². The van der Waals surface area contributed by atoms with Crippen LogP contribution < -0.4 is 0 Å². The van der Waals surface area contributed by atoms with Crippen molar-refractivity contribution in [2.45, 2.75) is 20.8 Å². The molecule has 1 rings (SSSR count). The minimum Gasteiger partial charge on any atom is -0.465 e. The molecule has 6 nitrogen and oxygen atoms in total. The fourth-order valence-corrected chi connectivity index (χ4v) is 1.59. The molecule has 0 N–H and O–H groups in total. The molecule has 0 unspecified atom stereocenters. The number of nitrogens with zero attached hydrogens (tertiary/aromatic N) is 1.